The molecule has 1 atom stereocenters. The Morgan fingerprint density at radius 1 is 0.938 bits per heavy atom. The molecule has 2 aromatic rings. The number of benzene rings is 2. The Kier molecular flexibility index (Phi) is 3.48. The highest BCUT2D eigenvalue weighted by Crippen LogP contribution is 2.13. The minimum atomic E-state index is 0.138. The Labute approximate surface area is 97.3 Å². The predicted octanol–water partition coefficient (Wildman–Crippen LogP) is 2.52. The molecule has 0 spiro atoms. The molecule has 1 unspecified atom stereocenters. The van der Waals surface area contributed by atoms with Crippen molar-refractivity contribution < 1.29 is 4.79 Å². The van der Waals surface area contributed by atoms with Crippen LogP contribution < -0.4 is 10.6 Å². The van der Waals surface area contributed by atoms with Crippen LogP contribution in [0.3, 0.4) is 0 Å². The maximum absolute atomic E-state index is 11.5. The van der Waals surface area contributed by atoms with Crippen molar-refractivity contribution in [3.05, 3.63) is 60.2 Å². The molecule has 0 aromatic heterocycles. The zero-order valence-corrected chi connectivity index (χ0v) is 10.1. The van der Waals surface area contributed by atoms with Gasteiger partial charge in [0.15, 0.2) is 5.78 Å². The molecule has 80 valence electrons. The first kappa shape index (κ1) is 11.0. The van der Waals surface area contributed by atoms with Crippen LogP contribution in [-0.2, 0) is 0 Å². The van der Waals surface area contributed by atoms with Gasteiger partial charge in [0.05, 0.1) is 0 Å². The van der Waals surface area contributed by atoms with Crippen molar-refractivity contribution >= 4 is 25.0 Å². The van der Waals surface area contributed by atoms with Crippen LogP contribution in [-0.4, -0.2) is 5.78 Å². The Bertz CT molecular complexity index is 491. The van der Waals surface area contributed by atoms with Crippen LogP contribution in [0.15, 0.2) is 54.6 Å². The van der Waals surface area contributed by atoms with E-state index in [9.17, 15) is 4.79 Å². The highest BCUT2D eigenvalue weighted by molar-refractivity contribution is 7.55. The second-order valence-corrected chi connectivity index (χ2v) is 4.96. The molecule has 2 aromatic carbocycles. The van der Waals surface area contributed by atoms with Gasteiger partial charge in [-0.1, -0.05) is 63.2 Å². The fourth-order valence-electron chi connectivity index (χ4n) is 1.58. The van der Waals surface area contributed by atoms with Crippen LogP contribution in [0, 0.1) is 0 Å². The van der Waals surface area contributed by atoms with E-state index in [0.29, 0.717) is 8.58 Å². The van der Waals surface area contributed by atoms with Crippen LogP contribution >= 0.6 is 8.58 Å². The van der Waals surface area contributed by atoms with Crippen LogP contribution in [0.25, 0.3) is 0 Å². The van der Waals surface area contributed by atoms with E-state index < -0.39 is 0 Å². The van der Waals surface area contributed by atoms with Crippen molar-refractivity contribution in [2.45, 2.75) is 6.92 Å². The van der Waals surface area contributed by atoms with Gasteiger partial charge in [-0.15, -0.1) is 0 Å². The van der Waals surface area contributed by atoms with Crippen molar-refractivity contribution in [3.8, 4) is 0 Å². The summed E-state index contributed by atoms with van der Waals surface area (Å²) >= 11 is 0. The number of hydrogen-bond acceptors (Lipinski definition) is 1. The van der Waals surface area contributed by atoms with E-state index in [-0.39, 0.29) is 5.78 Å². The third kappa shape index (κ3) is 2.56. The Balaban J connectivity index is 2.31. The van der Waals surface area contributed by atoms with Crippen molar-refractivity contribution in [2.24, 2.45) is 0 Å². The molecule has 0 aliphatic rings. The normalized spacial score (nSPS) is 10.8. The summed E-state index contributed by atoms with van der Waals surface area (Å²) in [5.74, 6) is 0.138. The molecule has 0 amide bonds. The fraction of sp³-hybridized carbons (Fsp3) is 0.0714. The van der Waals surface area contributed by atoms with E-state index >= 15 is 0 Å². The van der Waals surface area contributed by atoms with Gasteiger partial charge in [0.2, 0.25) is 0 Å². The molecular weight excluding hydrogens is 215 g/mol. The summed E-state index contributed by atoms with van der Waals surface area (Å²) in [5.41, 5.74) is 0.838. The lowest BCUT2D eigenvalue weighted by Crippen LogP contribution is -2.11. The predicted molar refractivity (Wildman–Crippen MR) is 70.5 cm³/mol. The number of carbonyl (C=O) groups excluding carboxylic acids is 1. The smallest absolute Gasteiger partial charge is 0.160 e. The number of rotatable bonds is 3. The maximum atomic E-state index is 11.5. The quantitative estimate of drug-likeness (QED) is 0.582. The zero-order chi connectivity index (χ0) is 11.4. The minimum Gasteiger partial charge on any atom is -0.294 e. The second kappa shape index (κ2) is 5.05. The fourth-order valence-corrected chi connectivity index (χ4v) is 2.82. The lowest BCUT2D eigenvalue weighted by Gasteiger charge is -2.06. The maximum Gasteiger partial charge on any atom is 0.160 e. The molecule has 0 aliphatic carbocycles. The third-order valence-corrected chi connectivity index (χ3v) is 3.69. The number of Topliss-reactive ketones (excluding diaryl/α,β-unsaturated/α-hetero) is 1. The number of ketones is 1. The summed E-state index contributed by atoms with van der Waals surface area (Å²) in [6.07, 6.45) is 0. The molecule has 0 saturated heterocycles. The largest absolute Gasteiger partial charge is 0.294 e. The van der Waals surface area contributed by atoms with Crippen LogP contribution in [0.5, 0.6) is 0 Å². The summed E-state index contributed by atoms with van der Waals surface area (Å²) in [7, 11) is 0.548. The first-order valence-electron chi connectivity index (χ1n) is 5.19. The lowest BCUT2D eigenvalue weighted by atomic mass is 10.1. The first-order valence-corrected chi connectivity index (χ1v) is 6.19. The standard InChI is InChI=1S/C14H13OP/c1-11(15)13-9-5-6-10-14(13)16-12-7-3-2-4-8-12/h2-10,16H,1H3. The molecule has 2 rings (SSSR count). The van der Waals surface area contributed by atoms with Gasteiger partial charge in [-0.25, -0.2) is 0 Å². The molecule has 0 radical (unpaired) electrons. The van der Waals surface area contributed by atoms with Gasteiger partial charge < -0.3 is 0 Å². The Hall–Kier alpha value is -1.46. The summed E-state index contributed by atoms with van der Waals surface area (Å²) in [5, 5.41) is 2.39. The minimum absolute atomic E-state index is 0.138. The molecule has 1 nitrogen and oxygen atoms in total. The first-order chi connectivity index (χ1) is 7.77. The van der Waals surface area contributed by atoms with Crippen molar-refractivity contribution in [3.63, 3.8) is 0 Å². The van der Waals surface area contributed by atoms with E-state index in [0.717, 1.165) is 10.9 Å². The molecule has 0 bridgehead atoms. The summed E-state index contributed by atoms with van der Waals surface area (Å²) in [6.45, 7) is 1.62. The summed E-state index contributed by atoms with van der Waals surface area (Å²) in [6, 6.07) is 18.1. The van der Waals surface area contributed by atoms with Crippen LogP contribution in [0.1, 0.15) is 17.3 Å². The second-order valence-electron chi connectivity index (χ2n) is 3.59. The zero-order valence-electron chi connectivity index (χ0n) is 9.10. The molecular formula is C14H13OP. The molecule has 0 heterocycles. The van der Waals surface area contributed by atoms with E-state index in [1.165, 1.54) is 5.30 Å². The topological polar surface area (TPSA) is 17.1 Å². The Morgan fingerprint density at radius 3 is 2.25 bits per heavy atom. The monoisotopic (exact) mass is 228 g/mol. The third-order valence-electron chi connectivity index (χ3n) is 2.36. The van der Waals surface area contributed by atoms with E-state index in [1.807, 2.05) is 42.5 Å². The lowest BCUT2D eigenvalue weighted by molar-refractivity contribution is 0.101. The van der Waals surface area contributed by atoms with Crippen molar-refractivity contribution in [1.29, 1.82) is 0 Å². The molecule has 2 heteroatoms. The van der Waals surface area contributed by atoms with Crippen molar-refractivity contribution in [2.75, 3.05) is 0 Å². The molecule has 16 heavy (non-hydrogen) atoms. The SMILES string of the molecule is CC(=O)c1ccccc1Pc1ccccc1. The van der Waals surface area contributed by atoms with Gasteiger partial charge in [-0.3, -0.25) is 4.79 Å². The van der Waals surface area contributed by atoms with E-state index in [2.05, 4.69) is 12.1 Å². The average Bonchev–Trinajstić information content (AvgIpc) is 2.31. The van der Waals surface area contributed by atoms with Crippen LogP contribution in [0.4, 0.5) is 0 Å². The van der Waals surface area contributed by atoms with Gasteiger partial charge in [0.25, 0.3) is 0 Å². The summed E-state index contributed by atoms with van der Waals surface area (Å²) < 4.78 is 0. The molecule has 0 N–H and O–H groups in total. The van der Waals surface area contributed by atoms with Gasteiger partial charge >= 0.3 is 0 Å². The van der Waals surface area contributed by atoms with Crippen molar-refractivity contribution in [1.82, 2.24) is 0 Å². The van der Waals surface area contributed by atoms with Gasteiger partial charge in [0, 0.05) is 5.56 Å². The van der Waals surface area contributed by atoms with Gasteiger partial charge in [-0.05, 0) is 17.5 Å². The van der Waals surface area contributed by atoms with Gasteiger partial charge in [0.1, 0.15) is 0 Å². The van der Waals surface area contributed by atoms with Gasteiger partial charge in [-0.2, -0.15) is 0 Å². The highest BCUT2D eigenvalue weighted by Gasteiger charge is 2.06. The number of hydrogen-bond donors (Lipinski definition) is 0. The average molecular weight is 228 g/mol. The Morgan fingerprint density at radius 2 is 1.56 bits per heavy atom. The molecule has 0 aliphatic heterocycles. The molecule has 0 saturated carbocycles. The molecule has 0 fully saturated rings. The highest BCUT2D eigenvalue weighted by atomic mass is 31.1. The van der Waals surface area contributed by atoms with E-state index in [1.54, 1.807) is 6.92 Å². The van der Waals surface area contributed by atoms with Crippen LogP contribution in [0.2, 0.25) is 0 Å². The number of carbonyl (C=O) groups is 1. The summed E-state index contributed by atoms with van der Waals surface area (Å²) in [4.78, 5) is 11.5. The van der Waals surface area contributed by atoms with E-state index in [4.69, 9.17) is 0 Å².